The summed E-state index contributed by atoms with van der Waals surface area (Å²) in [5, 5.41) is 0. The molecule has 0 fully saturated rings. The molecule has 0 bridgehead atoms. The van der Waals surface area contributed by atoms with Crippen LogP contribution in [0.4, 0.5) is 0 Å². The Kier molecular flexibility index (Phi) is 34.8. The number of amides is 2. The van der Waals surface area contributed by atoms with Crippen LogP contribution in [0.2, 0.25) is 0 Å². The van der Waals surface area contributed by atoms with Gasteiger partial charge < -0.3 is 67.3 Å². The van der Waals surface area contributed by atoms with Crippen LogP contribution in [0.5, 0.6) is 0 Å². The minimum atomic E-state index is -0.308. The molecule has 0 unspecified atom stereocenters. The molecule has 2 N–H and O–H groups in total. The van der Waals surface area contributed by atoms with Gasteiger partial charge in [0.15, 0.2) is 0 Å². The predicted octanol–water partition coefficient (Wildman–Crippen LogP) is -0.914. The molecule has 288 valence electrons. The average Bonchev–Trinajstić information content (AvgIpc) is 3.43. The van der Waals surface area contributed by atoms with Gasteiger partial charge in [0.05, 0.1) is 178 Å². The maximum absolute atomic E-state index is 11.4. The fraction of sp³-hybridized carbons (Fsp3) is 0.875. The van der Waals surface area contributed by atoms with Crippen molar-refractivity contribution in [1.29, 1.82) is 0 Å². The summed E-state index contributed by atoms with van der Waals surface area (Å²) in [4.78, 5) is 23.9. The summed E-state index contributed by atoms with van der Waals surface area (Å²) in [6, 6.07) is 0. The topological polar surface area (TPSA) is 183 Å². The van der Waals surface area contributed by atoms with Gasteiger partial charge in [-0.05, 0) is 0 Å². The highest BCUT2D eigenvalue weighted by Gasteiger charge is 2.22. The number of carbonyl (C=O) groups is 2. The number of nitrogens with zero attached hydrogens (tertiary/aromatic N) is 1. The SMILES string of the molecule is NCCOCCOCCOCCOCCOCCOCCOCCOCCOCCOCCOCCOCCOCCN1C(=O)C=CC1=O. The summed E-state index contributed by atoms with van der Waals surface area (Å²) in [7, 11) is 0. The van der Waals surface area contributed by atoms with Crippen LogP contribution < -0.4 is 5.73 Å². The van der Waals surface area contributed by atoms with Crippen LogP contribution in [0.25, 0.3) is 0 Å². The second-order valence-corrected chi connectivity index (χ2v) is 9.91. The zero-order valence-electron chi connectivity index (χ0n) is 29.1. The van der Waals surface area contributed by atoms with Crippen molar-refractivity contribution in [1.82, 2.24) is 4.90 Å². The Balaban J connectivity index is 1.61. The van der Waals surface area contributed by atoms with Gasteiger partial charge in [-0.25, -0.2) is 0 Å². The van der Waals surface area contributed by atoms with Crippen LogP contribution >= 0.6 is 0 Å². The molecule has 1 rings (SSSR count). The van der Waals surface area contributed by atoms with Crippen molar-refractivity contribution >= 4 is 11.8 Å². The van der Waals surface area contributed by atoms with Crippen molar-refractivity contribution in [2.24, 2.45) is 5.73 Å². The second kappa shape index (κ2) is 37.6. The summed E-state index contributed by atoms with van der Waals surface area (Å²) in [6.45, 7) is 13.2. The smallest absolute Gasteiger partial charge is 0.253 e. The minimum absolute atomic E-state index is 0.237. The molecule has 0 aromatic carbocycles. The van der Waals surface area contributed by atoms with Crippen LogP contribution in [-0.4, -0.2) is 202 Å². The van der Waals surface area contributed by atoms with E-state index in [-0.39, 0.29) is 25.0 Å². The van der Waals surface area contributed by atoms with Crippen molar-refractivity contribution in [3.05, 3.63) is 12.2 Å². The van der Waals surface area contributed by atoms with Crippen molar-refractivity contribution in [3.8, 4) is 0 Å². The lowest BCUT2D eigenvalue weighted by Crippen LogP contribution is -2.33. The Bertz CT molecular complexity index is 748. The minimum Gasteiger partial charge on any atom is -0.378 e. The molecule has 1 aliphatic heterocycles. The van der Waals surface area contributed by atoms with Gasteiger partial charge >= 0.3 is 0 Å². The third-order valence-corrected chi connectivity index (χ3v) is 6.09. The quantitative estimate of drug-likeness (QED) is 0.0607. The highest BCUT2D eigenvalue weighted by molar-refractivity contribution is 6.12. The molecule has 0 aliphatic carbocycles. The van der Waals surface area contributed by atoms with Crippen LogP contribution in [-0.2, 0) is 71.2 Å². The van der Waals surface area contributed by atoms with Crippen LogP contribution in [0.15, 0.2) is 12.2 Å². The first-order valence-corrected chi connectivity index (χ1v) is 17.0. The Morgan fingerprint density at radius 1 is 0.327 bits per heavy atom. The predicted molar refractivity (Wildman–Crippen MR) is 176 cm³/mol. The number of imide groups is 1. The standard InChI is InChI=1S/C32H60N2O15/c33-3-5-37-7-9-39-11-13-41-15-17-43-19-21-45-23-25-47-27-29-49-30-28-48-26-24-46-22-20-44-18-16-42-14-12-40-10-8-38-6-4-34-31(35)1-2-32(34)36/h1-2H,3-30,33H2. The molecule has 17 nitrogen and oxygen atoms in total. The van der Waals surface area contributed by atoms with Crippen LogP contribution in [0.1, 0.15) is 0 Å². The summed E-state index contributed by atoms with van der Waals surface area (Å²) < 4.78 is 70.4. The fourth-order valence-electron chi connectivity index (χ4n) is 3.63. The number of rotatable bonds is 41. The highest BCUT2D eigenvalue weighted by atomic mass is 16.6. The van der Waals surface area contributed by atoms with Gasteiger partial charge in [-0.15, -0.1) is 0 Å². The molecule has 49 heavy (non-hydrogen) atoms. The van der Waals surface area contributed by atoms with E-state index in [1.165, 1.54) is 12.2 Å². The zero-order chi connectivity index (χ0) is 35.1. The largest absolute Gasteiger partial charge is 0.378 e. The molecule has 0 saturated heterocycles. The Morgan fingerprint density at radius 2 is 0.510 bits per heavy atom. The molecular weight excluding hydrogens is 652 g/mol. The molecule has 1 heterocycles. The van der Waals surface area contributed by atoms with Gasteiger partial charge in [0.1, 0.15) is 0 Å². The van der Waals surface area contributed by atoms with E-state index in [1.807, 2.05) is 0 Å². The summed E-state index contributed by atoms with van der Waals surface area (Å²) in [5.41, 5.74) is 5.33. The molecule has 0 radical (unpaired) electrons. The van der Waals surface area contributed by atoms with Gasteiger partial charge in [0.2, 0.25) is 0 Å². The summed E-state index contributed by atoms with van der Waals surface area (Å²) in [5.74, 6) is -0.616. The monoisotopic (exact) mass is 712 g/mol. The normalized spacial score (nSPS) is 13.0. The summed E-state index contributed by atoms with van der Waals surface area (Å²) in [6.07, 6.45) is 2.51. The van der Waals surface area contributed by atoms with Gasteiger partial charge in [-0.3, -0.25) is 14.5 Å². The van der Waals surface area contributed by atoms with E-state index in [0.29, 0.717) is 172 Å². The third kappa shape index (κ3) is 32.0. The molecule has 0 spiro atoms. The van der Waals surface area contributed by atoms with E-state index < -0.39 is 0 Å². The van der Waals surface area contributed by atoms with Gasteiger partial charge in [0, 0.05) is 18.7 Å². The molecule has 2 amide bonds. The lowest BCUT2D eigenvalue weighted by atomic mass is 10.5. The second-order valence-electron chi connectivity index (χ2n) is 9.91. The van der Waals surface area contributed by atoms with Crippen molar-refractivity contribution in [3.63, 3.8) is 0 Å². The van der Waals surface area contributed by atoms with E-state index in [2.05, 4.69) is 0 Å². The molecule has 0 aromatic heterocycles. The maximum atomic E-state index is 11.4. The highest BCUT2D eigenvalue weighted by Crippen LogP contribution is 2.02. The number of carbonyl (C=O) groups excluding carboxylic acids is 2. The third-order valence-electron chi connectivity index (χ3n) is 6.09. The van der Waals surface area contributed by atoms with E-state index in [9.17, 15) is 9.59 Å². The first-order valence-electron chi connectivity index (χ1n) is 17.0. The molecule has 1 aliphatic rings. The molecule has 17 heteroatoms. The van der Waals surface area contributed by atoms with Gasteiger partial charge in [-0.1, -0.05) is 0 Å². The van der Waals surface area contributed by atoms with Crippen molar-refractivity contribution in [2.75, 3.05) is 185 Å². The molecule has 0 saturated carbocycles. The van der Waals surface area contributed by atoms with Gasteiger partial charge in [0.25, 0.3) is 11.8 Å². The zero-order valence-corrected chi connectivity index (χ0v) is 29.1. The summed E-state index contributed by atoms with van der Waals surface area (Å²) >= 11 is 0. The number of hydrogen-bond donors (Lipinski definition) is 1. The molecule has 0 atom stereocenters. The average molecular weight is 713 g/mol. The first-order chi connectivity index (χ1) is 24.3. The lowest BCUT2D eigenvalue weighted by molar-refractivity contribution is -0.137. The molecule has 0 aromatic rings. The number of nitrogens with two attached hydrogens (primary N) is 1. The van der Waals surface area contributed by atoms with E-state index in [4.69, 9.17) is 67.3 Å². The van der Waals surface area contributed by atoms with Crippen molar-refractivity contribution < 1.29 is 71.2 Å². The van der Waals surface area contributed by atoms with E-state index in [1.54, 1.807) is 0 Å². The number of hydrogen-bond acceptors (Lipinski definition) is 16. The van der Waals surface area contributed by atoms with Crippen molar-refractivity contribution in [2.45, 2.75) is 0 Å². The van der Waals surface area contributed by atoms with Crippen LogP contribution in [0.3, 0.4) is 0 Å². The Hall–Kier alpha value is -1.68. The fourth-order valence-corrected chi connectivity index (χ4v) is 3.63. The maximum Gasteiger partial charge on any atom is 0.253 e. The van der Waals surface area contributed by atoms with E-state index in [0.717, 1.165) is 4.90 Å². The Morgan fingerprint density at radius 3 is 0.714 bits per heavy atom. The molecular formula is C32H60N2O15. The first kappa shape index (κ1) is 45.3. The lowest BCUT2D eigenvalue weighted by Gasteiger charge is -2.13. The van der Waals surface area contributed by atoms with Gasteiger partial charge in [-0.2, -0.15) is 0 Å². The Labute approximate surface area is 290 Å². The van der Waals surface area contributed by atoms with Crippen LogP contribution in [0, 0.1) is 0 Å². The number of ether oxygens (including phenoxy) is 13. The van der Waals surface area contributed by atoms with E-state index >= 15 is 0 Å².